The van der Waals surface area contributed by atoms with E-state index in [1.54, 1.807) is 6.08 Å². The van der Waals surface area contributed by atoms with Crippen molar-refractivity contribution in [1.82, 2.24) is 4.98 Å². The molecule has 0 radical (unpaired) electrons. The highest BCUT2D eigenvalue weighted by molar-refractivity contribution is 5.82. The molecule has 1 heterocycles. The minimum absolute atomic E-state index is 1.22. The number of hydrogen-bond acceptors (Lipinski definition) is 0. The fourth-order valence-electron chi connectivity index (χ4n) is 1.24. The second-order valence-electron chi connectivity index (χ2n) is 2.92. The molecule has 0 spiro atoms. The summed E-state index contributed by atoms with van der Waals surface area (Å²) in [6.07, 6.45) is 3.72. The van der Waals surface area contributed by atoms with Gasteiger partial charge in [-0.15, -0.1) is 6.58 Å². The Balaban J connectivity index is 0.000000251. The summed E-state index contributed by atoms with van der Waals surface area (Å²) in [4.78, 5) is 3.16. The number of rotatable bonds is 0. The minimum atomic E-state index is 1.22. The molecule has 1 aromatic carbocycles. The van der Waals surface area contributed by atoms with Gasteiger partial charge in [0.25, 0.3) is 0 Å². The Bertz CT molecular complexity index is 385. The van der Waals surface area contributed by atoms with Gasteiger partial charge in [-0.1, -0.05) is 18.2 Å². The lowest BCUT2D eigenvalue weighted by Gasteiger charge is -1.92. The van der Waals surface area contributed by atoms with Gasteiger partial charge in [-0.25, -0.2) is 0 Å². The van der Waals surface area contributed by atoms with E-state index >= 15 is 0 Å². The zero-order valence-corrected chi connectivity index (χ0v) is 8.17. The van der Waals surface area contributed by atoms with Crippen molar-refractivity contribution >= 4 is 10.9 Å². The molecule has 1 heteroatoms. The highest BCUT2D eigenvalue weighted by Gasteiger charge is 1.93. The summed E-state index contributed by atoms with van der Waals surface area (Å²) in [5, 5.41) is 1.32. The highest BCUT2D eigenvalue weighted by atomic mass is 14.7. The van der Waals surface area contributed by atoms with E-state index in [0.29, 0.717) is 0 Å². The highest BCUT2D eigenvalue weighted by Crippen LogP contribution is 2.15. The summed E-state index contributed by atoms with van der Waals surface area (Å²) < 4.78 is 0. The van der Waals surface area contributed by atoms with Gasteiger partial charge in [-0.2, -0.15) is 0 Å². The van der Waals surface area contributed by atoms with Crippen LogP contribution in [0, 0.1) is 6.92 Å². The number of aromatic nitrogens is 1. The molecule has 1 aromatic heterocycles. The Morgan fingerprint density at radius 1 is 1.31 bits per heavy atom. The third-order valence-corrected chi connectivity index (χ3v) is 1.81. The van der Waals surface area contributed by atoms with Crippen LogP contribution in [0.4, 0.5) is 0 Å². The van der Waals surface area contributed by atoms with Gasteiger partial charge in [0.1, 0.15) is 0 Å². The Hall–Kier alpha value is -1.50. The first-order valence-corrected chi connectivity index (χ1v) is 4.39. The molecule has 0 aliphatic carbocycles. The first-order chi connectivity index (χ1) is 6.29. The smallest absolute Gasteiger partial charge is 0.0456 e. The number of H-pyrrole nitrogens is 1. The van der Waals surface area contributed by atoms with Crippen molar-refractivity contribution in [2.75, 3.05) is 0 Å². The predicted octanol–water partition coefficient (Wildman–Crippen LogP) is 3.67. The zero-order valence-electron chi connectivity index (χ0n) is 8.17. The van der Waals surface area contributed by atoms with Crippen LogP contribution in [0.2, 0.25) is 0 Å². The van der Waals surface area contributed by atoms with Crippen LogP contribution >= 0.6 is 0 Å². The molecule has 0 fully saturated rings. The van der Waals surface area contributed by atoms with Crippen molar-refractivity contribution in [2.24, 2.45) is 0 Å². The van der Waals surface area contributed by atoms with Gasteiger partial charge in [0.05, 0.1) is 0 Å². The predicted molar refractivity (Wildman–Crippen MR) is 58.9 cm³/mol. The van der Waals surface area contributed by atoms with Crippen LogP contribution in [-0.2, 0) is 0 Å². The van der Waals surface area contributed by atoms with E-state index in [4.69, 9.17) is 0 Å². The molecule has 0 aliphatic rings. The molecule has 0 aliphatic heterocycles. The maximum absolute atomic E-state index is 3.36. The van der Waals surface area contributed by atoms with Crippen molar-refractivity contribution in [3.63, 3.8) is 0 Å². The summed E-state index contributed by atoms with van der Waals surface area (Å²) in [5.74, 6) is 0. The quantitative estimate of drug-likeness (QED) is 0.585. The summed E-state index contributed by atoms with van der Waals surface area (Å²) in [7, 11) is 0. The second-order valence-corrected chi connectivity index (χ2v) is 2.92. The minimum Gasteiger partial charge on any atom is -0.361 e. The van der Waals surface area contributed by atoms with E-state index in [0.717, 1.165) is 0 Å². The van der Waals surface area contributed by atoms with Crippen molar-refractivity contribution in [2.45, 2.75) is 13.8 Å². The maximum Gasteiger partial charge on any atom is 0.0456 e. The third-order valence-electron chi connectivity index (χ3n) is 1.81. The Kier molecular flexibility index (Phi) is 3.32. The number of hydrogen-bond donors (Lipinski definition) is 1. The summed E-state index contributed by atoms with van der Waals surface area (Å²) in [6.45, 7) is 7.37. The van der Waals surface area contributed by atoms with Crippen LogP contribution in [0.25, 0.3) is 10.9 Å². The van der Waals surface area contributed by atoms with Gasteiger partial charge in [0.2, 0.25) is 0 Å². The first-order valence-electron chi connectivity index (χ1n) is 4.39. The fraction of sp³-hybridized carbons (Fsp3) is 0.167. The van der Waals surface area contributed by atoms with E-state index in [9.17, 15) is 0 Å². The fourth-order valence-corrected chi connectivity index (χ4v) is 1.24. The van der Waals surface area contributed by atoms with Crippen LogP contribution < -0.4 is 0 Å². The molecule has 0 atom stereocenters. The second kappa shape index (κ2) is 4.51. The van der Waals surface area contributed by atoms with Crippen LogP contribution in [0.15, 0.2) is 43.1 Å². The molecule has 1 N–H and O–H groups in total. The van der Waals surface area contributed by atoms with Crippen LogP contribution in [0.5, 0.6) is 0 Å². The maximum atomic E-state index is 3.36. The number of benzene rings is 1. The lowest BCUT2D eigenvalue weighted by molar-refractivity contribution is 1.47. The normalized spacial score (nSPS) is 9.08. The van der Waals surface area contributed by atoms with Crippen LogP contribution in [-0.4, -0.2) is 4.98 Å². The van der Waals surface area contributed by atoms with E-state index in [1.165, 1.54) is 16.5 Å². The van der Waals surface area contributed by atoms with Crippen molar-refractivity contribution < 1.29 is 0 Å². The van der Waals surface area contributed by atoms with Gasteiger partial charge in [-0.05, 0) is 31.5 Å². The summed E-state index contributed by atoms with van der Waals surface area (Å²) in [6, 6.07) is 8.37. The van der Waals surface area contributed by atoms with E-state index in [2.05, 4.69) is 42.8 Å². The van der Waals surface area contributed by atoms with Crippen molar-refractivity contribution in [1.29, 1.82) is 0 Å². The number of allylic oxidation sites excluding steroid dienone is 1. The van der Waals surface area contributed by atoms with Gasteiger partial charge in [-0.3, -0.25) is 0 Å². The van der Waals surface area contributed by atoms with E-state index < -0.39 is 0 Å². The number of fused-ring (bicyclic) bond motifs is 1. The van der Waals surface area contributed by atoms with Crippen molar-refractivity contribution in [3.05, 3.63) is 48.7 Å². The average Bonchev–Trinajstić information content (AvgIpc) is 2.54. The molecule has 68 valence electrons. The van der Waals surface area contributed by atoms with Gasteiger partial charge >= 0.3 is 0 Å². The first kappa shape index (κ1) is 9.59. The molecule has 2 aromatic rings. The van der Waals surface area contributed by atoms with E-state index in [-0.39, 0.29) is 0 Å². The molecule has 1 nitrogen and oxygen atoms in total. The number of aryl methyl sites for hydroxylation is 1. The third kappa shape index (κ3) is 2.22. The topological polar surface area (TPSA) is 15.8 Å². The van der Waals surface area contributed by atoms with E-state index in [1.807, 2.05) is 13.1 Å². The van der Waals surface area contributed by atoms with Crippen LogP contribution in [0.3, 0.4) is 0 Å². The standard InChI is InChI=1S/C9H9N.C3H6/c1-7-3-2-4-9-8(7)5-6-10-9;1-3-2/h2-6,10H,1H3;3H,1H2,2H3. The van der Waals surface area contributed by atoms with Gasteiger partial charge in [0.15, 0.2) is 0 Å². The summed E-state index contributed by atoms with van der Waals surface area (Å²) in [5.41, 5.74) is 2.55. The zero-order chi connectivity index (χ0) is 9.68. The Labute approximate surface area is 79.1 Å². The molecule has 0 saturated carbocycles. The molecular weight excluding hydrogens is 158 g/mol. The van der Waals surface area contributed by atoms with Gasteiger partial charge < -0.3 is 4.98 Å². The lowest BCUT2D eigenvalue weighted by atomic mass is 10.1. The molecule has 0 amide bonds. The van der Waals surface area contributed by atoms with Crippen molar-refractivity contribution in [3.8, 4) is 0 Å². The molecular formula is C12H15N. The molecule has 13 heavy (non-hydrogen) atoms. The Morgan fingerprint density at radius 3 is 2.62 bits per heavy atom. The monoisotopic (exact) mass is 173 g/mol. The number of aromatic amines is 1. The average molecular weight is 173 g/mol. The molecule has 0 unspecified atom stereocenters. The Morgan fingerprint density at radius 2 is 2.00 bits per heavy atom. The number of nitrogens with one attached hydrogen (secondary N) is 1. The molecule has 0 saturated heterocycles. The lowest BCUT2D eigenvalue weighted by Crippen LogP contribution is -1.71. The van der Waals surface area contributed by atoms with Crippen LogP contribution in [0.1, 0.15) is 12.5 Å². The van der Waals surface area contributed by atoms with Gasteiger partial charge in [0, 0.05) is 17.1 Å². The molecule has 0 bridgehead atoms. The SMILES string of the molecule is C=CC.Cc1cccc2[nH]ccc12. The summed E-state index contributed by atoms with van der Waals surface area (Å²) >= 11 is 0. The molecule has 2 rings (SSSR count). The largest absolute Gasteiger partial charge is 0.361 e.